The van der Waals surface area contributed by atoms with Crippen LogP contribution in [-0.2, 0) is 0 Å². The number of rotatable bonds is 10. The maximum absolute atomic E-state index is 13.9. The standard InChI is InChI=1S/C31H30BrNO6/c1-4-6-7-16-38-25-14-8-19(17-26(25)36-3)28-27-29(34)23-18-20(32)9-15-24(23)39-30(27)31(35)33(28)21-10-12-22(13-11-21)37-5-2/h8-15,17-18,28H,4-7,16H2,1-3H3. The first kappa shape index (κ1) is 26.8. The third-order valence-corrected chi connectivity index (χ3v) is 7.26. The van der Waals surface area contributed by atoms with E-state index >= 15 is 0 Å². The Balaban J connectivity index is 1.65. The van der Waals surface area contributed by atoms with Crippen molar-refractivity contribution in [3.8, 4) is 17.2 Å². The molecule has 0 fully saturated rings. The van der Waals surface area contributed by atoms with Crippen LogP contribution in [0.4, 0.5) is 5.69 Å². The lowest BCUT2D eigenvalue weighted by Crippen LogP contribution is -2.29. The maximum Gasteiger partial charge on any atom is 0.295 e. The average molecular weight is 592 g/mol. The van der Waals surface area contributed by atoms with Crippen molar-refractivity contribution in [2.24, 2.45) is 0 Å². The molecule has 39 heavy (non-hydrogen) atoms. The molecule has 1 aliphatic heterocycles. The lowest BCUT2D eigenvalue weighted by atomic mass is 9.97. The molecule has 0 saturated heterocycles. The molecule has 0 radical (unpaired) electrons. The normalized spacial score (nSPS) is 14.5. The zero-order valence-electron chi connectivity index (χ0n) is 22.2. The van der Waals surface area contributed by atoms with Gasteiger partial charge in [0.05, 0.1) is 37.3 Å². The van der Waals surface area contributed by atoms with Gasteiger partial charge in [-0.05, 0) is 73.5 Å². The number of ether oxygens (including phenoxy) is 3. The summed E-state index contributed by atoms with van der Waals surface area (Å²) < 4.78 is 24.1. The molecule has 5 rings (SSSR count). The van der Waals surface area contributed by atoms with E-state index in [1.54, 1.807) is 30.2 Å². The lowest BCUT2D eigenvalue weighted by molar-refractivity contribution is 0.0971. The van der Waals surface area contributed by atoms with E-state index in [0.29, 0.717) is 52.7 Å². The van der Waals surface area contributed by atoms with E-state index in [4.69, 9.17) is 18.6 Å². The Morgan fingerprint density at radius 1 is 0.923 bits per heavy atom. The molecule has 0 N–H and O–H groups in total. The number of hydrogen-bond donors (Lipinski definition) is 0. The Morgan fingerprint density at radius 2 is 1.72 bits per heavy atom. The third-order valence-electron chi connectivity index (χ3n) is 6.77. The number of carbonyl (C=O) groups is 1. The van der Waals surface area contributed by atoms with Gasteiger partial charge in [0.25, 0.3) is 5.91 Å². The first-order chi connectivity index (χ1) is 19.0. The summed E-state index contributed by atoms with van der Waals surface area (Å²) in [7, 11) is 1.58. The second kappa shape index (κ2) is 11.5. The summed E-state index contributed by atoms with van der Waals surface area (Å²) in [5.41, 5.74) is 1.71. The molecule has 0 spiro atoms. The second-order valence-corrected chi connectivity index (χ2v) is 10.2. The van der Waals surface area contributed by atoms with E-state index in [-0.39, 0.29) is 22.7 Å². The molecule has 8 heteroatoms. The molecule has 0 saturated carbocycles. The van der Waals surface area contributed by atoms with Gasteiger partial charge in [0.1, 0.15) is 11.3 Å². The number of methoxy groups -OCH3 is 1. The quantitative estimate of drug-likeness (QED) is 0.180. The highest BCUT2D eigenvalue weighted by molar-refractivity contribution is 9.10. The van der Waals surface area contributed by atoms with E-state index in [0.717, 1.165) is 23.7 Å². The van der Waals surface area contributed by atoms with Gasteiger partial charge in [-0.1, -0.05) is 41.8 Å². The van der Waals surface area contributed by atoms with E-state index in [1.165, 1.54) is 0 Å². The molecule has 1 atom stereocenters. The molecule has 1 amide bonds. The molecular weight excluding hydrogens is 562 g/mol. The number of anilines is 1. The van der Waals surface area contributed by atoms with Crippen molar-refractivity contribution >= 4 is 38.5 Å². The number of nitrogens with zero attached hydrogens (tertiary/aromatic N) is 1. The summed E-state index contributed by atoms with van der Waals surface area (Å²) in [6.07, 6.45) is 3.13. The van der Waals surface area contributed by atoms with Crippen LogP contribution in [0, 0.1) is 0 Å². The topological polar surface area (TPSA) is 78.2 Å². The number of unbranched alkanes of at least 4 members (excludes halogenated alkanes) is 2. The van der Waals surface area contributed by atoms with Gasteiger partial charge in [-0.3, -0.25) is 14.5 Å². The maximum atomic E-state index is 13.9. The van der Waals surface area contributed by atoms with Crippen LogP contribution in [0.1, 0.15) is 60.8 Å². The van der Waals surface area contributed by atoms with Gasteiger partial charge in [-0.25, -0.2) is 0 Å². The number of carbonyl (C=O) groups excluding carboxylic acids is 1. The van der Waals surface area contributed by atoms with Gasteiger partial charge in [-0.2, -0.15) is 0 Å². The van der Waals surface area contributed by atoms with Crippen LogP contribution < -0.4 is 24.5 Å². The van der Waals surface area contributed by atoms with Crippen LogP contribution in [0.3, 0.4) is 0 Å². The highest BCUT2D eigenvalue weighted by atomic mass is 79.9. The van der Waals surface area contributed by atoms with Crippen molar-refractivity contribution in [3.05, 3.63) is 92.2 Å². The summed E-state index contributed by atoms with van der Waals surface area (Å²) in [5.74, 6) is 1.49. The van der Waals surface area contributed by atoms with E-state index in [1.807, 2.05) is 49.4 Å². The van der Waals surface area contributed by atoms with Crippen LogP contribution in [0.15, 0.2) is 74.3 Å². The minimum Gasteiger partial charge on any atom is -0.494 e. The molecule has 1 unspecified atom stereocenters. The van der Waals surface area contributed by atoms with Crippen molar-refractivity contribution in [2.75, 3.05) is 25.2 Å². The van der Waals surface area contributed by atoms with Gasteiger partial charge in [0, 0.05) is 10.2 Å². The molecular formula is C31H30BrNO6. The Bertz CT molecular complexity index is 1560. The van der Waals surface area contributed by atoms with E-state index in [9.17, 15) is 9.59 Å². The predicted molar refractivity (Wildman–Crippen MR) is 154 cm³/mol. The van der Waals surface area contributed by atoms with Crippen LogP contribution >= 0.6 is 15.9 Å². The molecule has 1 aromatic heterocycles. The monoisotopic (exact) mass is 591 g/mol. The molecule has 3 aromatic carbocycles. The summed E-state index contributed by atoms with van der Waals surface area (Å²) in [5, 5.41) is 0.400. The summed E-state index contributed by atoms with van der Waals surface area (Å²) in [6.45, 7) is 5.17. The SMILES string of the molecule is CCCCCOc1ccc(C2c3c(oc4ccc(Br)cc4c3=O)C(=O)N2c2ccc(OCC)cc2)cc1OC. The predicted octanol–water partition coefficient (Wildman–Crippen LogP) is 7.28. The van der Waals surface area contributed by atoms with Crippen LogP contribution in [0.2, 0.25) is 0 Å². The average Bonchev–Trinajstić information content (AvgIpc) is 3.24. The van der Waals surface area contributed by atoms with E-state index in [2.05, 4.69) is 22.9 Å². The molecule has 202 valence electrons. The first-order valence-corrected chi connectivity index (χ1v) is 13.9. The minimum absolute atomic E-state index is 0.0348. The van der Waals surface area contributed by atoms with Crippen molar-refractivity contribution < 1.29 is 23.4 Å². The molecule has 4 aromatic rings. The zero-order chi connectivity index (χ0) is 27.5. The Kier molecular flexibility index (Phi) is 7.93. The van der Waals surface area contributed by atoms with Crippen molar-refractivity contribution in [1.29, 1.82) is 0 Å². The molecule has 0 bridgehead atoms. The highest BCUT2D eigenvalue weighted by Gasteiger charge is 2.44. The van der Waals surface area contributed by atoms with Gasteiger partial charge >= 0.3 is 0 Å². The lowest BCUT2D eigenvalue weighted by Gasteiger charge is -2.26. The number of amides is 1. The largest absolute Gasteiger partial charge is 0.494 e. The highest BCUT2D eigenvalue weighted by Crippen LogP contribution is 2.43. The zero-order valence-corrected chi connectivity index (χ0v) is 23.7. The Morgan fingerprint density at radius 3 is 2.44 bits per heavy atom. The molecule has 2 heterocycles. The molecule has 0 aliphatic carbocycles. The minimum atomic E-state index is -0.729. The van der Waals surface area contributed by atoms with E-state index < -0.39 is 6.04 Å². The van der Waals surface area contributed by atoms with Crippen molar-refractivity contribution in [1.82, 2.24) is 0 Å². The van der Waals surface area contributed by atoms with Gasteiger partial charge in [0.2, 0.25) is 5.76 Å². The summed E-state index contributed by atoms with van der Waals surface area (Å²) >= 11 is 3.44. The Labute approximate surface area is 235 Å². The number of benzene rings is 3. The fourth-order valence-corrected chi connectivity index (χ4v) is 5.27. The summed E-state index contributed by atoms with van der Waals surface area (Å²) in [6, 6.07) is 17.2. The number of halogens is 1. The number of hydrogen-bond acceptors (Lipinski definition) is 6. The smallest absolute Gasteiger partial charge is 0.295 e. The van der Waals surface area contributed by atoms with Crippen LogP contribution in [-0.4, -0.2) is 26.2 Å². The second-order valence-electron chi connectivity index (χ2n) is 9.28. The third kappa shape index (κ3) is 5.13. The van der Waals surface area contributed by atoms with Gasteiger partial charge in [-0.15, -0.1) is 0 Å². The van der Waals surface area contributed by atoms with Crippen molar-refractivity contribution in [2.45, 2.75) is 39.2 Å². The first-order valence-electron chi connectivity index (χ1n) is 13.1. The van der Waals surface area contributed by atoms with Crippen LogP contribution in [0.5, 0.6) is 17.2 Å². The van der Waals surface area contributed by atoms with Gasteiger partial charge in [0.15, 0.2) is 16.9 Å². The summed E-state index contributed by atoms with van der Waals surface area (Å²) in [4.78, 5) is 29.4. The Hall–Kier alpha value is -3.78. The molecule has 1 aliphatic rings. The number of fused-ring (bicyclic) bond motifs is 2. The fourth-order valence-electron chi connectivity index (χ4n) is 4.90. The van der Waals surface area contributed by atoms with Crippen LogP contribution in [0.25, 0.3) is 11.0 Å². The van der Waals surface area contributed by atoms with Crippen molar-refractivity contribution in [3.63, 3.8) is 0 Å². The van der Waals surface area contributed by atoms with Gasteiger partial charge < -0.3 is 18.6 Å². The molecule has 7 nitrogen and oxygen atoms in total. The fraction of sp³-hybridized carbons (Fsp3) is 0.290.